The fourth-order valence-corrected chi connectivity index (χ4v) is 3.50. The number of carbonyl (C=O) groups is 1. The number of benzene rings is 1. The number of furan rings is 1. The summed E-state index contributed by atoms with van der Waals surface area (Å²) in [5.74, 6) is 0.161. The van der Waals surface area contributed by atoms with Crippen LogP contribution in [-0.2, 0) is 13.0 Å². The second kappa shape index (κ2) is 7.74. The summed E-state index contributed by atoms with van der Waals surface area (Å²) < 4.78 is 5.48. The summed E-state index contributed by atoms with van der Waals surface area (Å²) in [6.07, 6.45) is 3.92. The molecule has 2 N–H and O–H groups in total. The molecule has 5 heteroatoms. The van der Waals surface area contributed by atoms with Gasteiger partial charge >= 0.3 is 0 Å². The molecule has 0 fully saturated rings. The van der Waals surface area contributed by atoms with E-state index in [0.717, 1.165) is 18.4 Å². The van der Waals surface area contributed by atoms with Gasteiger partial charge in [0.1, 0.15) is 0 Å². The third kappa shape index (κ3) is 3.71. The zero-order valence-corrected chi connectivity index (χ0v) is 14.9. The lowest BCUT2D eigenvalue weighted by atomic mass is 10.1. The lowest BCUT2D eigenvalue weighted by Crippen LogP contribution is -2.36. The van der Waals surface area contributed by atoms with Crippen molar-refractivity contribution in [3.8, 4) is 0 Å². The molecule has 2 heterocycles. The average Bonchev–Trinajstić information content (AvgIpc) is 3.19. The van der Waals surface area contributed by atoms with Gasteiger partial charge in [0, 0.05) is 36.5 Å². The second-order valence-electron chi connectivity index (χ2n) is 6.68. The van der Waals surface area contributed by atoms with Crippen LogP contribution in [0.2, 0.25) is 0 Å². The molecule has 2 unspecified atom stereocenters. The average molecular weight is 342 g/mol. The van der Waals surface area contributed by atoms with Gasteiger partial charge in [0.05, 0.1) is 6.26 Å². The van der Waals surface area contributed by atoms with Gasteiger partial charge in [-0.05, 0) is 43.9 Å². The smallest absolute Gasteiger partial charge is 0.287 e. The molecule has 1 amide bonds. The molecule has 0 bridgehead atoms. The van der Waals surface area contributed by atoms with E-state index in [1.54, 1.807) is 6.26 Å². The Morgan fingerprint density at radius 1 is 1.40 bits per heavy atom. The highest BCUT2D eigenvalue weighted by Crippen LogP contribution is 2.33. The van der Waals surface area contributed by atoms with Crippen LogP contribution >= 0.6 is 0 Å². The van der Waals surface area contributed by atoms with E-state index < -0.39 is 0 Å². The van der Waals surface area contributed by atoms with Gasteiger partial charge in [-0.2, -0.15) is 0 Å². The van der Waals surface area contributed by atoms with Crippen LogP contribution in [0.4, 0.5) is 5.69 Å². The molecule has 134 valence electrons. The quantitative estimate of drug-likeness (QED) is 0.811. The topological polar surface area (TPSA) is 65.7 Å². The van der Waals surface area contributed by atoms with Crippen molar-refractivity contribution in [1.82, 2.24) is 5.32 Å². The Balaban J connectivity index is 1.75. The number of nitrogens with zero attached hydrogens (tertiary/aromatic N) is 1. The van der Waals surface area contributed by atoms with Crippen molar-refractivity contribution < 1.29 is 14.3 Å². The minimum absolute atomic E-state index is 0.0399. The third-order valence-corrected chi connectivity index (χ3v) is 4.95. The maximum Gasteiger partial charge on any atom is 0.287 e. The van der Waals surface area contributed by atoms with Crippen molar-refractivity contribution in [2.75, 3.05) is 11.5 Å². The number of hydrogen-bond acceptors (Lipinski definition) is 4. The van der Waals surface area contributed by atoms with Crippen LogP contribution in [0.3, 0.4) is 0 Å². The first-order valence-electron chi connectivity index (χ1n) is 8.96. The highest BCUT2D eigenvalue weighted by Gasteiger charge is 2.28. The van der Waals surface area contributed by atoms with E-state index in [4.69, 9.17) is 9.52 Å². The number of fused-ring (bicyclic) bond motifs is 1. The van der Waals surface area contributed by atoms with Crippen LogP contribution in [0.1, 0.15) is 48.4 Å². The van der Waals surface area contributed by atoms with Crippen molar-refractivity contribution >= 4 is 11.6 Å². The molecule has 2 atom stereocenters. The Morgan fingerprint density at radius 2 is 2.20 bits per heavy atom. The minimum atomic E-state index is -0.208. The van der Waals surface area contributed by atoms with E-state index in [1.165, 1.54) is 11.3 Å². The first-order valence-corrected chi connectivity index (χ1v) is 8.96. The molecular weight excluding hydrogens is 316 g/mol. The molecule has 0 spiro atoms. The predicted octanol–water partition coefficient (Wildman–Crippen LogP) is 3.12. The molecule has 2 aromatic rings. The van der Waals surface area contributed by atoms with Gasteiger partial charge in [-0.15, -0.1) is 0 Å². The first-order chi connectivity index (χ1) is 12.1. The number of anilines is 1. The molecule has 1 aromatic heterocycles. The van der Waals surface area contributed by atoms with Crippen molar-refractivity contribution in [1.29, 1.82) is 0 Å². The Labute approximate surface area is 148 Å². The Hall–Kier alpha value is -2.27. The minimum Gasteiger partial charge on any atom is -0.459 e. The molecular formula is C20H26N2O3. The highest BCUT2D eigenvalue weighted by molar-refractivity contribution is 5.93. The molecule has 25 heavy (non-hydrogen) atoms. The Morgan fingerprint density at radius 3 is 2.96 bits per heavy atom. The molecule has 1 aliphatic heterocycles. The molecule has 3 rings (SSSR count). The zero-order valence-electron chi connectivity index (χ0n) is 14.9. The van der Waals surface area contributed by atoms with E-state index >= 15 is 0 Å². The van der Waals surface area contributed by atoms with E-state index in [1.807, 2.05) is 19.1 Å². The number of carbonyl (C=O) groups excluding carboxylic acids is 1. The maximum atomic E-state index is 12.6. The van der Waals surface area contributed by atoms with Crippen molar-refractivity contribution in [2.45, 2.75) is 51.7 Å². The number of amides is 1. The molecule has 1 aliphatic rings. The molecule has 0 saturated carbocycles. The summed E-state index contributed by atoms with van der Waals surface area (Å²) in [6, 6.07) is 10.6. The van der Waals surface area contributed by atoms with Crippen LogP contribution in [0.5, 0.6) is 0 Å². The first kappa shape index (κ1) is 17.5. The number of aliphatic hydroxyl groups is 1. The molecule has 1 aromatic carbocycles. The molecule has 0 saturated heterocycles. The summed E-state index contributed by atoms with van der Waals surface area (Å²) in [7, 11) is 0. The van der Waals surface area contributed by atoms with E-state index in [2.05, 4.69) is 35.3 Å². The van der Waals surface area contributed by atoms with Crippen LogP contribution in [0.25, 0.3) is 0 Å². The Bertz CT molecular complexity index is 725. The summed E-state index contributed by atoms with van der Waals surface area (Å²) in [6.45, 7) is 4.90. The van der Waals surface area contributed by atoms with Gasteiger partial charge in [-0.25, -0.2) is 0 Å². The number of aliphatic hydroxyl groups excluding tert-OH is 1. The van der Waals surface area contributed by atoms with Crippen LogP contribution < -0.4 is 10.2 Å². The normalized spacial score (nSPS) is 17.4. The van der Waals surface area contributed by atoms with Crippen LogP contribution in [0.15, 0.2) is 41.0 Å². The van der Waals surface area contributed by atoms with Gasteiger partial charge in [-0.3, -0.25) is 4.79 Å². The van der Waals surface area contributed by atoms with E-state index in [9.17, 15) is 4.79 Å². The highest BCUT2D eigenvalue weighted by atomic mass is 16.3. The summed E-state index contributed by atoms with van der Waals surface area (Å²) in [4.78, 5) is 14.9. The summed E-state index contributed by atoms with van der Waals surface area (Å²) in [5, 5.41) is 12.1. The van der Waals surface area contributed by atoms with Crippen LogP contribution in [0, 0.1) is 0 Å². The number of nitrogens with one attached hydrogen (secondary N) is 1. The van der Waals surface area contributed by atoms with E-state index in [-0.39, 0.29) is 18.6 Å². The number of para-hydroxylation sites is 1. The predicted molar refractivity (Wildman–Crippen MR) is 97.7 cm³/mol. The molecule has 5 nitrogen and oxygen atoms in total. The van der Waals surface area contributed by atoms with Gasteiger partial charge in [0.2, 0.25) is 0 Å². The van der Waals surface area contributed by atoms with Crippen molar-refractivity contribution in [3.05, 3.63) is 53.5 Å². The monoisotopic (exact) mass is 342 g/mol. The second-order valence-corrected chi connectivity index (χ2v) is 6.68. The van der Waals surface area contributed by atoms with E-state index in [0.29, 0.717) is 24.8 Å². The lowest BCUT2D eigenvalue weighted by molar-refractivity contribution is 0.0899. The van der Waals surface area contributed by atoms with Gasteiger partial charge in [-0.1, -0.05) is 25.1 Å². The SMILES string of the molecule is CCC(CCO)NC(=O)c1occc1CN1c2ccccc2CC1C. The fourth-order valence-electron chi connectivity index (χ4n) is 3.50. The summed E-state index contributed by atoms with van der Waals surface area (Å²) >= 11 is 0. The van der Waals surface area contributed by atoms with Crippen molar-refractivity contribution in [3.63, 3.8) is 0 Å². The number of hydrogen-bond donors (Lipinski definition) is 2. The van der Waals surface area contributed by atoms with Crippen molar-refractivity contribution in [2.24, 2.45) is 0 Å². The van der Waals surface area contributed by atoms with Crippen LogP contribution in [-0.4, -0.2) is 29.7 Å². The maximum absolute atomic E-state index is 12.6. The zero-order chi connectivity index (χ0) is 17.8. The van der Waals surface area contributed by atoms with Gasteiger partial charge in [0.25, 0.3) is 5.91 Å². The molecule has 0 radical (unpaired) electrons. The van der Waals surface area contributed by atoms with Gasteiger partial charge < -0.3 is 19.7 Å². The fraction of sp³-hybridized carbons (Fsp3) is 0.450. The largest absolute Gasteiger partial charge is 0.459 e. The lowest BCUT2D eigenvalue weighted by Gasteiger charge is -2.25. The summed E-state index contributed by atoms with van der Waals surface area (Å²) in [5.41, 5.74) is 3.47. The number of rotatable bonds is 7. The molecule has 0 aliphatic carbocycles. The van der Waals surface area contributed by atoms with Gasteiger partial charge in [0.15, 0.2) is 5.76 Å². The third-order valence-electron chi connectivity index (χ3n) is 4.95. The Kier molecular flexibility index (Phi) is 5.43. The standard InChI is InChI=1S/C20H26N2O3/c1-3-17(8-10-23)21-20(24)19-16(9-11-25-19)13-22-14(2)12-15-6-4-5-7-18(15)22/h4-7,9,11,14,17,23H,3,8,10,12-13H2,1-2H3,(H,21,24).